The fourth-order valence-electron chi connectivity index (χ4n) is 2.13. The van der Waals surface area contributed by atoms with Gasteiger partial charge in [0, 0.05) is 24.7 Å². The van der Waals surface area contributed by atoms with Gasteiger partial charge in [0.05, 0.1) is 0 Å². The third-order valence-corrected chi connectivity index (χ3v) is 3.21. The standard InChI is InChI=1S/C15H18N2O3/c18-14(19)9-6-12-4-7-13(8-5-12)15(20)16-17-10-2-1-3-11-17/h4-9H,1-3,10-11H2,(H,16,20)(H,18,19)/b9-6+. The molecular weight excluding hydrogens is 256 g/mol. The zero-order chi connectivity index (χ0) is 14.4. The van der Waals surface area contributed by atoms with Gasteiger partial charge in [0.2, 0.25) is 0 Å². The molecule has 1 aromatic rings. The fraction of sp³-hybridized carbons (Fsp3) is 0.333. The van der Waals surface area contributed by atoms with E-state index in [2.05, 4.69) is 5.43 Å². The Hall–Kier alpha value is -2.14. The zero-order valence-electron chi connectivity index (χ0n) is 11.2. The Bertz CT molecular complexity index is 502. The van der Waals surface area contributed by atoms with E-state index in [1.54, 1.807) is 24.3 Å². The second-order valence-electron chi connectivity index (χ2n) is 4.78. The van der Waals surface area contributed by atoms with Crippen LogP contribution < -0.4 is 5.43 Å². The third kappa shape index (κ3) is 4.20. The van der Waals surface area contributed by atoms with Crippen LogP contribution in [0.25, 0.3) is 6.08 Å². The molecule has 1 aliphatic heterocycles. The molecule has 1 fully saturated rings. The Morgan fingerprint density at radius 3 is 2.35 bits per heavy atom. The van der Waals surface area contributed by atoms with Crippen molar-refractivity contribution in [3.05, 3.63) is 41.5 Å². The van der Waals surface area contributed by atoms with Crippen LogP contribution in [0, 0.1) is 0 Å². The van der Waals surface area contributed by atoms with Crippen LogP contribution in [-0.4, -0.2) is 35.1 Å². The van der Waals surface area contributed by atoms with Gasteiger partial charge in [-0.15, -0.1) is 0 Å². The minimum atomic E-state index is -0.989. The van der Waals surface area contributed by atoms with E-state index in [1.807, 2.05) is 5.01 Å². The molecule has 1 aromatic carbocycles. The smallest absolute Gasteiger partial charge is 0.328 e. The number of nitrogens with zero attached hydrogens (tertiary/aromatic N) is 1. The number of nitrogens with one attached hydrogen (secondary N) is 1. The Morgan fingerprint density at radius 2 is 1.75 bits per heavy atom. The third-order valence-electron chi connectivity index (χ3n) is 3.21. The van der Waals surface area contributed by atoms with Crippen LogP contribution in [0.1, 0.15) is 35.2 Å². The summed E-state index contributed by atoms with van der Waals surface area (Å²) >= 11 is 0. The lowest BCUT2D eigenvalue weighted by Gasteiger charge is -2.26. The molecule has 0 bridgehead atoms. The van der Waals surface area contributed by atoms with Gasteiger partial charge >= 0.3 is 5.97 Å². The van der Waals surface area contributed by atoms with Gasteiger partial charge in [-0.1, -0.05) is 18.6 Å². The number of carboxylic acid groups (broad SMARTS) is 1. The molecule has 106 valence electrons. The van der Waals surface area contributed by atoms with E-state index in [4.69, 9.17) is 5.11 Å². The number of carbonyl (C=O) groups excluding carboxylic acids is 1. The van der Waals surface area contributed by atoms with Crippen LogP contribution in [-0.2, 0) is 4.79 Å². The Kier molecular flexibility index (Phi) is 4.90. The summed E-state index contributed by atoms with van der Waals surface area (Å²) in [5.74, 6) is -1.11. The van der Waals surface area contributed by atoms with Gasteiger partial charge in [0.15, 0.2) is 0 Å². The molecule has 0 atom stereocenters. The number of aliphatic carboxylic acids is 1. The van der Waals surface area contributed by atoms with Gasteiger partial charge in [-0.3, -0.25) is 10.2 Å². The van der Waals surface area contributed by atoms with E-state index in [9.17, 15) is 9.59 Å². The highest BCUT2D eigenvalue weighted by molar-refractivity contribution is 5.94. The van der Waals surface area contributed by atoms with Crippen molar-refractivity contribution in [1.82, 2.24) is 10.4 Å². The predicted molar refractivity (Wildman–Crippen MR) is 76.0 cm³/mol. The van der Waals surface area contributed by atoms with Crippen molar-refractivity contribution in [1.29, 1.82) is 0 Å². The largest absolute Gasteiger partial charge is 0.478 e. The molecular formula is C15H18N2O3. The summed E-state index contributed by atoms with van der Waals surface area (Å²) in [6, 6.07) is 6.84. The van der Waals surface area contributed by atoms with E-state index in [0.717, 1.165) is 37.6 Å². The molecule has 1 aliphatic rings. The van der Waals surface area contributed by atoms with Gasteiger partial charge in [0.1, 0.15) is 0 Å². The molecule has 0 aliphatic carbocycles. The lowest BCUT2D eigenvalue weighted by molar-refractivity contribution is -0.131. The second-order valence-corrected chi connectivity index (χ2v) is 4.78. The summed E-state index contributed by atoms with van der Waals surface area (Å²) < 4.78 is 0. The molecule has 0 spiro atoms. The Balaban J connectivity index is 1.94. The maximum Gasteiger partial charge on any atom is 0.328 e. The number of carbonyl (C=O) groups is 2. The van der Waals surface area contributed by atoms with E-state index in [1.165, 1.54) is 12.5 Å². The monoisotopic (exact) mass is 274 g/mol. The molecule has 5 heteroatoms. The van der Waals surface area contributed by atoms with Crippen LogP contribution in [0.15, 0.2) is 30.3 Å². The number of benzene rings is 1. The molecule has 0 radical (unpaired) electrons. The molecule has 1 saturated heterocycles. The fourth-order valence-corrected chi connectivity index (χ4v) is 2.13. The lowest BCUT2D eigenvalue weighted by Crippen LogP contribution is -2.45. The molecule has 0 aromatic heterocycles. The van der Waals surface area contributed by atoms with E-state index in [-0.39, 0.29) is 5.91 Å². The van der Waals surface area contributed by atoms with Gasteiger partial charge in [-0.05, 0) is 36.6 Å². The summed E-state index contributed by atoms with van der Waals surface area (Å²) in [4.78, 5) is 22.4. The van der Waals surface area contributed by atoms with Crippen LogP contribution in [0.3, 0.4) is 0 Å². The molecule has 1 amide bonds. The first kappa shape index (κ1) is 14.3. The van der Waals surface area contributed by atoms with Gasteiger partial charge in [0.25, 0.3) is 5.91 Å². The first-order valence-electron chi connectivity index (χ1n) is 6.72. The number of hydrogen-bond acceptors (Lipinski definition) is 3. The number of carboxylic acids is 1. The van der Waals surface area contributed by atoms with Crippen LogP contribution in [0.4, 0.5) is 0 Å². The highest BCUT2D eigenvalue weighted by Gasteiger charge is 2.13. The summed E-state index contributed by atoms with van der Waals surface area (Å²) in [6.45, 7) is 1.79. The number of rotatable bonds is 4. The molecule has 2 rings (SSSR count). The first-order chi connectivity index (χ1) is 9.65. The molecule has 0 unspecified atom stereocenters. The Labute approximate surface area is 117 Å². The van der Waals surface area contributed by atoms with Gasteiger partial charge in [-0.2, -0.15) is 0 Å². The SMILES string of the molecule is O=C(O)/C=C/c1ccc(C(=O)NN2CCCCC2)cc1. The first-order valence-corrected chi connectivity index (χ1v) is 6.72. The molecule has 20 heavy (non-hydrogen) atoms. The van der Waals surface area contributed by atoms with Crippen molar-refractivity contribution in [2.75, 3.05) is 13.1 Å². The average Bonchev–Trinajstić information content (AvgIpc) is 2.46. The average molecular weight is 274 g/mol. The van der Waals surface area contributed by atoms with Crippen molar-refractivity contribution < 1.29 is 14.7 Å². The highest BCUT2D eigenvalue weighted by Crippen LogP contribution is 2.09. The quantitative estimate of drug-likeness (QED) is 0.823. The summed E-state index contributed by atoms with van der Waals surface area (Å²) in [6.07, 6.45) is 6.01. The van der Waals surface area contributed by atoms with Crippen LogP contribution in [0.5, 0.6) is 0 Å². The normalized spacial score (nSPS) is 16.2. The molecule has 1 heterocycles. The van der Waals surface area contributed by atoms with Crippen molar-refractivity contribution in [3.8, 4) is 0 Å². The Morgan fingerprint density at radius 1 is 1.10 bits per heavy atom. The second kappa shape index (κ2) is 6.86. The molecule has 5 nitrogen and oxygen atoms in total. The predicted octanol–water partition coefficient (Wildman–Crippen LogP) is 1.92. The maximum atomic E-state index is 12.0. The zero-order valence-corrected chi connectivity index (χ0v) is 11.2. The van der Waals surface area contributed by atoms with Crippen molar-refractivity contribution in [2.24, 2.45) is 0 Å². The van der Waals surface area contributed by atoms with Gasteiger partial charge < -0.3 is 5.11 Å². The summed E-state index contributed by atoms with van der Waals surface area (Å²) in [5.41, 5.74) is 4.21. The highest BCUT2D eigenvalue weighted by atomic mass is 16.4. The van der Waals surface area contributed by atoms with Crippen molar-refractivity contribution in [3.63, 3.8) is 0 Å². The number of hydrazine groups is 1. The maximum absolute atomic E-state index is 12.0. The van der Waals surface area contributed by atoms with E-state index >= 15 is 0 Å². The minimum absolute atomic E-state index is 0.124. The van der Waals surface area contributed by atoms with E-state index in [0.29, 0.717) is 5.56 Å². The molecule has 2 N–H and O–H groups in total. The number of piperidine rings is 1. The van der Waals surface area contributed by atoms with Crippen LogP contribution >= 0.6 is 0 Å². The van der Waals surface area contributed by atoms with E-state index < -0.39 is 5.97 Å². The van der Waals surface area contributed by atoms with Crippen LogP contribution in [0.2, 0.25) is 0 Å². The summed E-state index contributed by atoms with van der Waals surface area (Å²) in [5, 5.41) is 10.5. The number of amides is 1. The topological polar surface area (TPSA) is 69.6 Å². The minimum Gasteiger partial charge on any atom is -0.478 e. The number of hydrogen-bond donors (Lipinski definition) is 2. The van der Waals surface area contributed by atoms with Gasteiger partial charge in [-0.25, -0.2) is 9.80 Å². The van der Waals surface area contributed by atoms with Crippen molar-refractivity contribution in [2.45, 2.75) is 19.3 Å². The van der Waals surface area contributed by atoms with Crippen molar-refractivity contribution >= 4 is 18.0 Å². The lowest BCUT2D eigenvalue weighted by atomic mass is 10.1. The molecule has 0 saturated carbocycles. The summed E-state index contributed by atoms with van der Waals surface area (Å²) in [7, 11) is 0.